The molecule has 1 unspecified atom stereocenters. The van der Waals surface area contributed by atoms with Gasteiger partial charge in [-0.2, -0.15) is 0 Å². The van der Waals surface area contributed by atoms with Gasteiger partial charge < -0.3 is 19.5 Å². The summed E-state index contributed by atoms with van der Waals surface area (Å²) < 4.78 is 10.2. The van der Waals surface area contributed by atoms with Gasteiger partial charge in [-0.05, 0) is 19.1 Å². The molecule has 1 atom stereocenters. The second-order valence-corrected chi connectivity index (χ2v) is 4.09. The Labute approximate surface area is 108 Å². The van der Waals surface area contributed by atoms with Crippen molar-refractivity contribution in [3.8, 4) is 0 Å². The van der Waals surface area contributed by atoms with Crippen LogP contribution in [-0.2, 0) is 9.47 Å². The smallest absolute Gasteiger partial charge is 0.0931 e. The largest absolute Gasteiger partial charge is 0.387 e. The minimum atomic E-state index is -0.537. The number of aliphatic hydroxyl groups excluding tert-OH is 1. The fourth-order valence-corrected chi connectivity index (χ4v) is 1.60. The molecule has 0 amide bonds. The molecule has 1 N–H and O–H groups in total. The van der Waals surface area contributed by atoms with Crippen LogP contribution in [0.5, 0.6) is 0 Å². The highest BCUT2D eigenvalue weighted by molar-refractivity contribution is 5.44. The van der Waals surface area contributed by atoms with Crippen LogP contribution in [0.25, 0.3) is 0 Å². The molecular weight excluding hydrogens is 232 g/mol. The van der Waals surface area contributed by atoms with Crippen LogP contribution >= 0.6 is 0 Å². The van der Waals surface area contributed by atoms with Gasteiger partial charge in [-0.25, -0.2) is 0 Å². The predicted octanol–water partition coefficient (Wildman–Crippen LogP) is 1.23. The number of methoxy groups -OCH3 is 2. The minimum Gasteiger partial charge on any atom is -0.387 e. The highest BCUT2D eigenvalue weighted by Gasteiger charge is 2.08. The van der Waals surface area contributed by atoms with Gasteiger partial charge in [-0.1, -0.05) is 0 Å². The number of pyridine rings is 1. The van der Waals surface area contributed by atoms with Crippen molar-refractivity contribution in [2.45, 2.75) is 13.0 Å². The zero-order chi connectivity index (χ0) is 13.4. The average molecular weight is 254 g/mol. The molecule has 0 aliphatic rings. The molecule has 0 fully saturated rings. The third kappa shape index (κ3) is 4.60. The summed E-state index contributed by atoms with van der Waals surface area (Å²) >= 11 is 0. The molecule has 5 nitrogen and oxygen atoms in total. The quantitative estimate of drug-likeness (QED) is 0.756. The summed E-state index contributed by atoms with van der Waals surface area (Å²) in [5.74, 6) is 0. The summed E-state index contributed by atoms with van der Waals surface area (Å²) in [5.41, 5.74) is 1.69. The van der Waals surface area contributed by atoms with Crippen molar-refractivity contribution in [2.24, 2.45) is 0 Å². The Kier molecular flexibility index (Phi) is 6.64. The van der Waals surface area contributed by atoms with Gasteiger partial charge in [0.1, 0.15) is 0 Å². The van der Waals surface area contributed by atoms with Crippen molar-refractivity contribution < 1.29 is 14.6 Å². The number of ether oxygens (including phenoxy) is 2. The highest BCUT2D eigenvalue weighted by atomic mass is 16.5. The van der Waals surface area contributed by atoms with Gasteiger partial charge in [0, 0.05) is 27.3 Å². The van der Waals surface area contributed by atoms with Crippen LogP contribution in [0, 0.1) is 0 Å². The molecule has 1 heterocycles. The van der Waals surface area contributed by atoms with Gasteiger partial charge >= 0.3 is 0 Å². The molecular formula is C13H22N2O3. The summed E-state index contributed by atoms with van der Waals surface area (Å²) in [4.78, 5) is 6.39. The molecule has 1 aromatic heterocycles. The van der Waals surface area contributed by atoms with Crippen molar-refractivity contribution >= 4 is 5.69 Å². The summed E-state index contributed by atoms with van der Waals surface area (Å²) in [6, 6.07) is 3.80. The SMILES string of the molecule is COCCN(CCOC)c1ccc(C(C)O)nc1. The van der Waals surface area contributed by atoms with E-state index < -0.39 is 6.10 Å². The Balaban J connectivity index is 2.70. The third-order valence-electron chi connectivity index (χ3n) is 2.69. The van der Waals surface area contributed by atoms with E-state index in [1.54, 1.807) is 27.3 Å². The van der Waals surface area contributed by atoms with Crippen LogP contribution in [-0.4, -0.2) is 50.6 Å². The molecule has 0 aromatic carbocycles. The Morgan fingerprint density at radius 3 is 2.22 bits per heavy atom. The van der Waals surface area contributed by atoms with E-state index in [4.69, 9.17) is 9.47 Å². The van der Waals surface area contributed by atoms with E-state index >= 15 is 0 Å². The monoisotopic (exact) mass is 254 g/mol. The van der Waals surface area contributed by atoms with Gasteiger partial charge in [0.25, 0.3) is 0 Å². The predicted molar refractivity (Wildman–Crippen MR) is 70.8 cm³/mol. The summed E-state index contributed by atoms with van der Waals surface area (Å²) in [6.45, 7) is 4.59. The number of aromatic nitrogens is 1. The zero-order valence-electron chi connectivity index (χ0n) is 11.3. The average Bonchev–Trinajstić information content (AvgIpc) is 2.39. The number of anilines is 1. The Bertz CT molecular complexity index is 320. The first kappa shape index (κ1) is 14.9. The second-order valence-electron chi connectivity index (χ2n) is 4.09. The molecule has 18 heavy (non-hydrogen) atoms. The lowest BCUT2D eigenvalue weighted by Gasteiger charge is -2.24. The van der Waals surface area contributed by atoms with Crippen molar-refractivity contribution in [3.63, 3.8) is 0 Å². The van der Waals surface area contributed by atoms with Crippen LogP contribution in [0.2, 0.25) is 0 Å². The maximum absolute atomic E-state index is 9.42. The molecule has 5 heteroatoms. The molecule has 0 saturated carbocycles. The van der Waals surface area contributed by atoms with E-state index in [1.807, 2.05) is 12.1 Å². The van der Waals surface area contributed by atoms with Gasteiger partial charge in [0.15, 0.2) is 0 Å². The lowest BCUT2D eigenvalue weighted by molar-refractivity contribution is 0.190. The Hall–Kier alpha value is -1.17. The van der Waals surface area contributed by atoms with E-state index in [2.05, 4.69) is 9.88 Å². The van der Waals surface area contributed by atoms with Crippen molar-refractivity contribution in [1.82, 2.24) is 4.98 Å². The number of rotatable bonds is 8. The molecule has 0 aliphatic carbocycles. The fourth-order valence-electron chi connectivity index (χ4n) is 1.60. The van der Waals surface area contributed by atoms with E-state index in [0.29, 0.717) is 18.9 Å². The first-order valence-electron chi connectivity index (χ1n) is 6.06. The molecule has 0 saturated heterocycles. The lowest BCUT2D eigenvalue weighted by atomic mass is 10.2. The van der Waals surface area contributed by atoms with Gasteiger partial charge in [-0.15, -0.1) is 0 Å². The third-order valence-corrected chi connectivity index (χ3v) is 2.69. The normalized spacial score (nSPS) is 12.4. The van der Waals surface area contributed by atoms with Crippen molar-refractivity contribution in [3.05, 3.63) is 24.0 Å². The first-order valence-corrected chi connectivity index (χ1v) is 6.06. The standard InChI is InChI=1S/C13H22N2O3/c1-11(16)13-5-4-12(10-14-13)15(6-8-17-2)7-9-18-3/h4-5,10-11,16H,6-9H2,1-3H3. The van der Waals surface area contributed by atoms with E-state index in [1.165, 1.54) is 0 Å². The highest BCUT2D eigenvalue weighted by Crippen LogP contribution is 2.16. The maximum Gasteiger partial charge on any atom is 0.0931 e. The molecule has 0 radical (unpaired) electrons. The van der Waals surface area contributed by atoms with E-state index in [9.17, 15) is 5.11 Å². The zero-order valence-corrected chi connectivity index (χ0v) is 11.3. The summed E-state index contributed by atoms with van der Waals surface area (Å²) in [7, 11) is 3.37. The Morgan fingerprint density at radius 1 is 1.22 bits per heavy atom. The number of aliphatic hydroxyl groups is 1. The van der Waals surface area contributed by atoms with Crippen LogP contribution in [0.3, 0.4) is 0 Å². The molecule has 0 aliphatic heterocycles. The number of hydrogen-bond acceptors (Lipinski definition) is 5. The second kappa shape index (κ2) is 8.02. The molecule has 1 aromatic rings. The van der Waals surface area contributed by atoms with Gasteiger partial charge in [0.2, 0.25) is 0 Å². The topological polar surface area (TPSA) is 54.8 Å². The van der Waals surface area contributed by atoms with E-state index in [-0.39, 0.29) is 0 Å². The van der Waals surface area contributed by atoms with Crippen molar-refractivity contribution in [1.29, 1.82) is 0 Å². The van der Waals surface area contributed by atoms with Crippen LogP contribution in [0.15, 0.2) is 18.3 Å². The lowest BCUT2D eigenvalue weighted by Crippen LogP contribution is -2.30. The van der Waals surface area contributed by atoms with Gasteiger partial charge in [-0.3, -0.25) is 4.98 Å². The summed E-state index contributed by atoms with van der Waals surface area (Å²) in [5, 5.41) is 9.42. The fraction of sp³-hybridized carbons (Fsp3) is 0.615. The minimum absolute atomic E-state index is 0.537. The molecule has 1 rings (SSSR count). The molecule has 0 spiro atoms. The molecule has 102 valence electrons. The van der Waals surface area contributed by atoms with Crippen LogP contribution in [0.4, 0.5) is 5.69 Å². The number of hydrogen-bond donors (Lipinski definition) is 1. The molecule has 0 bridgehead atoms. The summed E-state index contributed by atoms with van der Waals surface area (Å²) in [6.07, 6.45) is 1.23. The first-order chi connectivity index (χ1) is 8.69. The number of nitrogens with zero attached hydrogens (tertiary/aromatic N) is 2. The maximum atomic E-state index is 9.42. The Morgan fingerprint density at radius 2 is 1.83 bits per heavy atom. The van der Waals surface area contributed by atoms with Gasteiger partial charge in [0.05, 0.1) is 36.9 Å². The van der Waals surface area contributed by atoms with Crippen LogP contribution in [0.1, 0.15) is 18.7 Å². The van der Waals surface area contributed by atoms with Crippen molar-refractivity contribution in [2.75, 3.05) is 45.4 Å². The van der Waals surface area contributed by atoms with E-state index in [0.717, 1.165) is 18.8 Å². The van der Waals surface area contributed by atoms with Crippen LogP contribution < -0.4 is 4.90 Å².